The molecule has 0 saturated heterocycles. The topological polar surface area (TPSA) is 46.2 Å². The Morgan fingerprint density at radius 3 is 2.50 bits per heavy atom. The van der Waals surface area contributed by atoms with Crippen LogP contribution in [0.15, 0.2) is 30.4 Å². The molecule has 2 rings (SSSR count). The fourth-order valence-electron chi connectivity index (χ4n) is 2.20. The molecule has 6 heteroatoms. The largest absolute Gasteiger partial charge is 0.216 e. The summed E-state index contributed by atoms with van der Waals surface area (Å²) >= 11 is 0. The molecule has 0 spiro atoms. The van der Waals surface area contributed by atoms with E-state index in [2.05, 4.69) is 10.8 Å². The second-order valence-electron chi connectivity index (χ2n) is 4.96. The van der Waals surface area contributed by atoms with Crippen molar-refractivity contribution in [2.75, 3.05) is 6.54 Å². The Labute approximate surface area is 117 Å². The highest BCUT2D eigenvalue weighted by molar-refractivity contribution is 7.88. The van der Waals surface area contributed by atoms with Crippen LogP contribution in [0.4, 0.5) is 8.78 Å². The molecule has 0 bridgehead atoms. The van der Waals surface area contributed by atoms with Crippen LogP contribution >= 0.6 is 0 Å². The summed E-state index contributed by atoms with van der Waals surface area (Å²) in [6, 6.07) is 3.32. The summed E-state index contributed by atoms with van der Waals surface area (Å²) in [7, 11) is -3.73. The van der Waals surface area contributed by atoms with Crippen LogP contribution in [0.2, 0.25) is 0 Å². The minimum absolute atomic E-state index is 0.250. The van der Waals surface area contributed by atoms with Crippen molar-refractivity contribution in [1.82, 2.24) is 4.72 Å². The Hall–Kier alpha value is -1.27. The first kappa shape index (κ1) is 15.1. The summed E-state index contributed by atoms with van der Waals surface area (Å²) in [5, 5.41) is 0. The van der Waals surface area contributed by atoms with Crippen molar-refractivity contribution in [2.45, 2.75) is 25.0 Å². The third-order valence-corrected chi connectivity index (χ3v) is 4.64. The van der Waals surface area contributed by atoms with Crippen LogP contribution < -0.4 is 4.72 Å². The summed E-state index contributed by atoms with van der Waals surface area (Å²) in [5.41, 5.74) is -0.413. The molecule has 1 atom stereocenters. The van der Waals surface area contributed by atoms with Crippen LogP contribution in [0, 0.1) is 17.6 Å². The van der Waals surface area contributed by atoms with Crippen molar-refractivity contribution in [3.63, 3.8) is 0 Å². The van der Waals surface area contributed by atoms with Crippen LogP contribution in [0.1, 0.15) is 24.8 Å². The predicted molar refractivity (Wildman–Crippen MR) is 73.5 cm³/mol. The van der Waals surface area contributed by atoms with E-state index < -0.39 is 33.0 Å². The quantitative estimate of drug-likeness (QED) is 0.850. The molecule has 0 saturated carbocycles. The molecule has 0 amide bonds. The Kier molecular flexibility index (Phi) is 4.88. The summed E-state index contributed by atoms with van der Waals surface area (Å²) in [4.78, 5) is 0. The molecule has 20 heavy (non-hydrogen) atoms. The monoisotopic (exact) mass is 301 g/mol. The first-order valence-corrected chi connectivity index (χ1v) is 8.18. The van der Waals surface area contributed by atoms with Gasteiger partial charge in [0.25, 0.3) is 0 Å². The van der Waals surface area contributed by atoms with Crippen LogP contribution in [-0.4, -0.2) is 15.0 Å². The molecular weight excluding hydrogens is 284 g/mol. The third-order valence-electron chi connectivity index (χ3n) is 3.37. The van der Waals surface area contributed by atoms with Gasteiger partial charge in [0, 0.05) is 12.1 Å². The summed E-state index contributed by atoms with van der Waals surface area (Å²) in [6.07, 6.45) is 6.79. The van der Waals surface area contributed by atoms with Crippen LogP contribution in [0.5, 0.6) is 0 Å². The second-order valence-corrected chi connectivity index (χ2v) is 6.77. The molecule has 1 aliphatic rings. The smallest absolute Gasteiger partial charge is 0.215 e. The van der Waals surface area contributed by atoms with Gasteiger partial charge in [-0.2, -0.15) is 0 Å². The van der Waals surface area contributed by atoms with E-state index in [-0.39, 0.29) is 5.92 Å². The third kappa shape index (κ3) is 4.11. The molecule has 1 N–H and O–H groups in total. The van der Waals surface area contributed by atoms with Gasteiger partial charge >= 0.3 is 0 Å². The van der Waals surface area contributed by atoms with Gasteiger partial charge in [0.2, 0.25) is 10.0 Å². The fourth-order valence-corrected chi connectivity index (χ4v) is 3.45. The minimum Gasteiger partial charge on any atom is -0.215 e. The summed E-state index contributed by atoms with van der Waals surface area (Å²) in [6.45, 7) is 0.308. The van der Waals surface area contributed by atoms with Gasteiger partial charge < -0.3 is 0 Å². The highest BCUT2D eigenvalue weighted by Crippen LogP contribution is 2.18. The van der Waals surface area contributed by atoms with Crippen molar-refractivity contribution >= 4 is 10.0 Å². The highest BCUT2D eigenvalue weighted by atomic mass is 32.2. The van der Waals surface area contributed by atoms with E-state index in [4.69, 9.17) is 0 Å². The van der Waals surface area contributed by atoms with Gasteiger partial charge in [-0.05, 0) is 37.3 Å². The van der Waals surface area contributed by atoms with Crippen molar-refractivity contribution in [3.05, 3.63) is 47.5 Å². The van der Waals surface area contributed by atoms with E-state index in [1.54, 1.807) is 0 Å². The van der Waals surface area contributed by atoms with Crippen LogP contribution in [-0.2, 0) is 15.8 Å². The number of sulfonamides is 1. The maximum atomic E-state index is 13.4. The predicted octanol–water partition coefficient (Wildman–Crippen LogP) is 2.74. The molecular formula is C14H17F2NO2S. The fraction of sp³-hybridized carbons (Fsp3) is 0.429. The Bertz CT molecular complexity index is 579. The average Bonchev–Trinajstić information content (AvgIpc) is 2.42. The van der Waals surface area contributed by atoms with Gasteiger partial charge in [-0.3, -0.25) is 0 Å². The number of halogens is 2. The minimum atomic E-state index is -3.73. The lowest BCUT2D eigenvalue weighted by Gasteiger charge is -2.18. The normalized spacial score (nSPS) is 19.2. The number of hydrogen-bond donors (Lipinski definition) is 1. The maximum absolute atomic E-state index is 13.4. The second kappa shape index (κ2) is 6.45. The first-order valence-electron chi connectivity index (χ1n) is 6.53. The highest BCUT2D eigenvalue weighted by Gasteiger charge is 2.19. The first-order chi connectivity index (χ1) is 9.48. The Balaban J connectivity index is 1.98. The number of hydrogen-bond acceptors (Lipinski definition) is 2. The van der Waals surface area contributed by atoms with Crippen molar-refractivity contribution < 1.29 is 17.2 Å². The van der Waals surface area contributed by atoms with Gasteiger partial charge in [-0.25, -0.2) is 21.9 Å². The van der Waals surface area contributed by atoms with E-state index in [1.165, 1.54) is 6.07 Å². The molecule has 0 heterocycles. The zero-order valence-electron chi connectivity index (χ0n) is 11.0. The zero-order chi connectivity index (χ0) is 14.6. The van der Waals surface area contributed by atoms with Gasteiger partial charge in [0.1, 0.15) is 11.6 Å². The van der Waals surface area contributed by atoms with Crippen molar-refractivity contribution in [2.24, 2.45) is 5.92 Å². The van der Waals surface area contributed by atoms with Crippen LogP contribution in [0.25, 0.3) is 0 Å². The molecule has 0 aliphatic heterocycles. The molecule has 0 fully saturated rings. The molecule has 3 nitrogen and oxygen atoms in total. The molecule has 0 aromatic heterocycles. The number of allylic oxidation sites excluding steroid dienone is 2. The number of rotatable bonds is 5. The van der Waals surface area contributed by atoms with Gasteiger partial charge in [-0.15, -0.1) is 0 Å². The number of benzene rings is 1. The van der Waals surface area contributed by atoms with Gasteiger partial charge in [0.15, 0.2) is 0 Å². The lowest BCUT2D eigenvalue weighted by atomic mass is 9.95. The van der Waals surface area contributed by atoms with E-state index in [0.29, 0.717) is 6.54 Å². The van der Waals surface area contributed by atoms with E-state index in [1.807, 2.05) is 6.08 Å². The van der Waals surface area contributed by atoms with Crippen molar-refractivity contribution in [3.8, 4) is 0 Å². The van der Waals surface area contributed by atoms with E-state index in [9.17, 15) is 17.2 Å². The lowest BCUT2D eigenvalue weighted by molar-refractivity contribution is 0.467. The number of nitrogens with one attached hydrogen (secondary N) is 1. The average molecular weight is 301 g/mol. The van der Waals surface area contributed by atoms with E-state index in [0.717, 1.165) is 31.4 Å². The SMILES string of the molecule is O=S(=O)(Cc1c(F)cccc1F)NCC1CC=CCC1. The van der Waals surface area contributed by atoms with Crippen molar-refractivity contribution in [1.29, 1.82) is 0 Å². The lowest BCUT2D eigenvalue weighted by Crippen LogP contribution is -2.31. The standard InChI is InChI=1S/C14H17F2NO2S/c15-13-7-4-8-14(16)12(13)10-20(18,19)17-9-11-5-2-1-3-6-11/h1-2,4,7-8,11,17H,3,5-6,9-10H2. The molecule has 0 radical (unpaired) electrons. The summed E-state index contributed by atoms with van der Waals surface area (Å²) < 4.78 is 53.1. The molecule has 1 unspecified atom stereocenters. The summed E-state index contributed by atoms with van der Waals surface area (Å²) in [5.74, 6) is -2.10. The van der Waals surface area contributed by atoms with E-state index >= 15 is 0 Å². The van der Waals surface area contributed by atoms with Crippen LogP contribution in [0.3, 0.4) is 0 Å². The Morgan fingerprint density at radius 1 is 1.20 bits per heavy atom. The molecule has 1 aromatic carbocycles. The van der Waals surface area contributed by atoms with Gasteiger partial charge in [0.05, 0.1) is 5.75 Å². The Morgan fingerprint density at radius 2 is 1.90 bits per heavy atom. The maximum Gasteiger partial charge on any atom is 0.216 e. The molecule has 1 aliphatic carbocycles. The van der Waals surface area contributed by atoms with Gasteiger partial charge in [-0.1, -0.05) is 18.2 Å². The zero-order valence-corrected chi connectivity index (χ0v) is 11.8. The molecule has 110 valence electrons. The molecule has 1 aromatic rings.